The van der Waals surface area contributed by atoms with Crippen molar-refractivity contribution < 1.29 is 28.7 Å². The summed E-state index contributed by atoms with van der Waals surface area (Å²) in [6.07, 6.45) is 5.58. The van der Waals surface area contributed by atoms with Crippen LogP contribution in [-0.4, -0.2) is 125 Å². The number of carbonyl (C=O) groups is 4. The van der Waals surface area contributed by atoms with E-state index in [0.717, 1.165) is 61.9 Å². The zero-order valence-corrected chi connectivity index (χ0v) is 30.4. The Morgan fingerprint density at radius 3 is 2.08 bits per heavy atom. The van der Waals surface area contributed by atoms with Crippen LogP contribution in [0.4, 0.5) is 21.2 Å². The number of nitrogens with one attached hydrogen (secondary N) is 4. The molecule has 0 aliphatic carbocycles. The molecule has 1 aliphatic rings. The molecule has 1 saturated heterocycles. The van der Waals surface area contributed by atoms with E-state index in [1.54, 1.807) is 22.2 Å². The molecule has 0 radical (unpaired) electrons. The van der Waals surface area contributed by atoms with Crippen molar-refractivity contribution in [3.8, 4) is 11.3 Å². The molecule has 3 aromatic heterocycles. The molecule has 1 aliphatic heterocycles. The van der Waals surface area contributed by atoms with Crippen LogP contribution in [0.2, 0.25) is 0 Å². The lowest BCUT2D eigenvalue weighted by Gasteiger charge is -2.35. The van der Waals surface area contributed by atoms with E-state index in [1.165, 1.54) is 14.2 Å². The van der Waals surface area contributed by atoms with Gasteiger partial charge in [0.2, 0.25) is 11.8 Å². The molecule has 0 bridgehead atoms. The molecule has 0 spiro atoms. The SMILES string of the molecule is CCCN(Cc1ncc(N2CCN(c3ccc(-c4cnc(CN(CCC)C(=O)C(NC(=O)OC)C(C)C)[nH]4)cn3)CC2)[nH]1)C(=O)CNC(=O)OC. The molecule has 0 saturated carbocycles. The summed E-state index contributed by atoms with van der Waals surface area (Å²) in [5.41, 5.74) is 1.67. The Labute approximate surface area is 298 Å². The minimum atomic E-state index is -0.711. The fraction of sp³-hybridized carbons (Fsp3) is 0.559. The van der Waals surface area contributed by atoms with E-state index >= 15 is 0 Å². The average Bonchev–Trinajstić information content (AvgIpc) is 3.82. The first-order valence-corrected chi connectivity index (χ1v) is 17.3. The number of amides is 4. The van der Waals surface area contributed by atoms with Gasteiger partial charge in [-0.25, -0.2) is 24.5 Å². The number of piperazine rings is 1. The molecule has 17 nitrogen and oxygen atoms in total. The maximum atomic E-state index is 13.4. The van der Waals surface area contributed by atoms with Gasteiger partial charge < -0.3 is 49.7 Å². The number of aromatic amines is 2. The van der Waals surface area contributed by atoms with Crippen molar-refractivity contribution in [2.75, 3.05) is 69.8 Å². The van der Waals surface area contributed by atoms with Crippen LogP contribution >= 0.6 is 0 Å². The second kappa shape index (κ2) is 18.6. The van der Waals surface area contributed by atoms with Gasteiger partial charge in [0.05, 0.1) is 45.4 Å². The average molecular weight is 710 g/mol. The number of hydrogen-bond acceptors (Lipinski definition) is 11. The fourth-order valence-corrected chi connectivity index (χ4v) is 5.78. The smallest absolute Gasteiger partial charge is 0.407 e. The van der Waals surface area contributed by atoms with Gasteiger partial charge in [0, 0.05) is 51.0 Å². The van der Waals surface area contributed by atoms with Gasteiger partial charge in [0.25, 0.3) is 0 Å². The van der Waals surface area contributed by atoms with Gasteiger partial charge in [-0.1, -0.05) is 27.7 Å². The first-order valence-electron chi connectivity index (χ1n) is 17.3. The number of carbonyl (C=O) groups excluding carboxylic acids is 4. The van der Waals surface area contributed by atoms with Crippen LogP contribution in [-0.2, 0) is 32.2 Å². The number of anilines is 2. The topological polar surface area (TPSA) is 194 Å². The van der Waals surface area contributed by atoms with Crippen LogP contribution in [0.1, 0.15) is 52.2 Å². The Hall–Kier alpha value is -5.35. The summed E-state index contributed by atoms with van der Waals surface area (Å²) in [6.45, 7) is 12.3. The first kappa shape index (κ1) is 38.5. The number of nitrogens with zero attached hydrogens (tertiary/aromatic N) is 7. The van der Waals surface area contributed by atoms with Gasteiger partial charge in [-0.05, 0) is 30.9 Å². The van der Waals surface area contributed by atoms with Crippen LogP contribution in [0.25, 0.3) is 11.3 Å². The Morgan fingerprint density at radius 1 is 0.824 bits per heavy atom. The number of pyridine rings is 1. The summed E-state index contributed by atoms with van der Waals surface area (Å²) >= 11 is 0. The molecule has 1 unspecified atom stereocenters. The summed E-state index contributed by atoms with van der Waals surface area (Å²) < 4.78 is 9.28. The molecular weight excluding hydrogens is 658 g/mol. The maximum Gasteiger partial charge on any atom is 0.407 e. The number of aromatic nitrogens is 5. The minimum absolute atomic E-state index is 0.121. The Kier molecular flexibility index (Phi) is 14.0. The molecule has 1 fully saturated rings. The predicted molar refractivity (Wildman–Crippen MR) is 191 cm³/mol. The van der Waals surface area contributed by atoms with Crippen LogP contribution in [0, 0.1) is 5.92 Å². The van der Waals surface area contributed by atoms with Gasteiger partial charge in [-0.3, -0.25) is 9.59 Å². The van der Waals surface area contributed by atoms with E-state index in [9.17, 15) is 19.2 Å². The number of methoxy groups -OCH3 is 2. The van der Waals surface area contributed by atoms with Gasteiger partial charge >= 0.3 is 12.2 Å². The molecule has 1 atom stereocenters. The lowest BCUT2D eigenvalue weighted by molar-refractivity contribution is -0.135. The van der Waals surface area contributed by atoms with E-state index < -0.39 is 18.2 Å². The van der Waals surface area contributed by atoms with Crippen molar-refractivity contribution in [1.29, 1.82) is 0 Å². The number of rotatable bonds is 16. The summed E-state index contributed by atoms with van der Waals surface area (Å²) in [5, 5.41) is 5.10. The molecule has 4 N–H and O–H groups in total. The van der Waals surface area contributed by atoms with Gasteiger partial charge in [-0.15, -0.1) is 0 Å². The highest BCUT2D eigenvalue weighted by Crippen LogP contribution is 2.23. The largest absolute Gasteiger partial charge is 0.453 e. The molecule has 4 amide bonds. The summed E-state index contributed by atoms with van der Waals surface area (Å²) in [6, 6.07) is 3.28. The maximum absolute atomic E-state index is 13.4. The highest BCUT2D eigenvalue weighted by atomic mass is 16.5. The van der Waals surface area contributed by atoms with Gasteiger partial charge in [0.15, 0.2) is 0 Å². The highest BCUT2D eigenvalue weighted by molar-refractivity contribution is 5.86. The minimum Gasteiger partial charge on any atom is -0.453 e. The van der Waals surface area contributed by atoms with E-state index in [4.69, 9.17) is 9.72 Å². The number of ether oxygens (including phenoxy) is 2. The fourth-order valence-electron chi connectivity index (χ4n) is 5.78. The van der Waals surface area contributed by atoms with Crippen LogP contribution in [0.15, 0.2) is 30.7 Å². The molecule has 4 heterocycles. The predicted octanol–water partition coefficient (Wildman–Crippen LogP) is 2.74. The second-order valence-corrected chi connectivity index (χ2v) is 12.6. The van der Waals surface area contributed by atoms with E-state index in [2.05, 4.69) is 45.1 Å². The lowest BCUT2D eigenvalue weighted by atomic mass is 10.0. The number of H-pyrrole nitrogens is 2. The molecule has 3 aromatic rings. The summed E-state index contributed by atoms with van der Waals surface area (Å²) in [7, 11) is 2.53. The standard InChI is InChI=1S/C34H51N11O6/c1-7-11-44(30(46)20-38-33(48)50-5)21-27-36-19-29(40-27)43-15-13-42(14-16-43)28-10-9-24(17-37-28)25-18-35-26(39-25)22-45(12-8-2)32(47)31(23(3)4)41-34(49)51-6/h9-10,17-19,23,31H,7-8,11-16,20-22H2,1-6H3,(H,35,39)(H,36,40)(H,38,48)(H,41,49). The first-order chi connectivity index (χ1) is 24.6. The van der Waals surface area contributed by atoms with Crippen LogP contribution < -0.4 is 20.4 Å². The zero-order chi connectivity index (χ0) is 36.9. The van der Waals surface area contributed by atoms with Crippen molar-refractivity contribution in [2.45, 2.75) is 59.7 Å². The molecular formula is C34H51N11O6. The quantitative estimate of drug-likeness (QED) is 0.171. The van der Waals surface area contributed by atoms with Gasteiger partial charge in [-0.2, -0.15) is 0 Å². The Balaban J connectivity index is 1.31. The van der Waals surface area contributed by atoms with Crippen molar-refractivity contribution >= 4 is 35.6 Å². The monoisotopic (exact) mass is 709 g/mol. The molecule has 51 heavy (non-hydrogen) atoms. The molecule has 0 aromatic carbocycles. The highest BCUT2D eigenvalue weighted by Gasteiger charge is 2.29. The third-order valence-electron chi connectivity index (χ3n) is 8.54. The normalized spacial score (nSPS) is 13.5. The second-order valence-electron chi connectivity index (χ2n) is 12.6. The van der Waals surface area contributed by atoms with Crippen LogP contribution in [0.5, 0.6) is 0 Å². The molecule has 4 rings (SSSR count). The Bertz CT molecular complexity index is 1580. The zero-order valence-electron chi connectivity index (χ0n) is 30.4. The number of alkyl carbamates (subject to hydrolysis) is 2. The molecule has 278 valence electrons. The number of hydrogen-bond donors (Lipinski definition) is 4. The number of imidazole rings is 2. The van der Waals surface area contributed by atoms with E-state index in [0.29, 0.717) is 31.3 Å². The van der Waals surface area contributed by atoms with Gasteiger partial charge in [0.1, 0.15) is 35.9 Å². The van der Waals surface area contributed by atoms with Crippen molar-refractivity contribution in [3.05, 3.63) is 42.4 Å². The Morgan fingerprint density at radius 2 is 1.45 bits per heavy atom. The lowest BCUT2D eigenvalue weighted by Crippen LogP contribution is -2.51. The van der Waals surface area contributed by atoms with Crippen molar-refractivity contribution in [2.24, 2.45) is 5.92 Å². The third-order valence-corrected chi connectivity index (χ3v) is 8.54. The third kappa shape index (κ3) is 10.6. The summed E-state index contributed by atoms with van der Waals surface area (Å²) in [5.74, 6) is 2.54. The van der Waals surface area contributed by atoms with E-state index in [1.807, 2.05) is 46.0 Å². The van der Waals surface area contributed by atoms with Crippen molar-refractivity contribution in [1.82, 2.24) is 45.4 Å². The molecule has 17 heteroatoms. The summed E-state index contributed by atoms with van der Waals surface area (Å²) in [4.78, 5) is 77.6. The van der Waals surface area contributed by atoms with E-state index in [-0.39, 0.29) is 30.8 Å². The van der Waals surface area contributed by atoms with Crippen LogP contribution in [0.3, 0.4) is 0 Å². The van der Waals surface area contributed by atoms with Crippen molar-refractivity contribution in [3.63, 3.8) is 0 Å².